The highest BCUT2D eigenvalue weighted by Crippen LogP contribution is 2.40. The maximum Gasteiger partial charge on any atom is 0.147 e. The van der Waals surface area contributed by atoms with Crippen molar-refractivity contribution in [2.75, 3.05) is 18.6 Å². The van der Waals surface area contributed by atoms with E-state index in [4.69, 9.17) is 9.72 Å². The summed E-state index contributed by atoms with van der Waals surface area (Å²) in [6.45, 7) is 2.84. The molecule has 0 unspecified atom stereocenters. The van der Waals surface area contributed by atoms with Gasteiger partial charge in [-0.3, -0.25) is 5.10 Å². The third-order valence-corrected chi connectivity index (χ3v) is 4.44. The lowest BCUT2D eigenvalue weighted by Crippen LogP contribution is -2.27. The quantitative estimate of drug-likeness (QED) is 0.926. The highest BCUT2D eigenvalue weighted by Gasteiger charge is 2.37. The first-order valence-electron chi connectivity index (χ1n) is 7.75. The zero-order valence-corrected chi connectivity index (χ0v) is 12.9. The van der Waals surface area contributed by atoms with E-state index >= 15 is 0 Å². The number of aromatic nitrogens is 5. The van der Waals surface area contributed by atoms with E-state index in [1.54, 1.807) is 13.4 Å². The van der Waals surface area contributed by atoms with E-state index < -0.39 is 0 Å². The smallest absolute Gasteiger partial charge is 0.147 e. The van der Waals surface area contributed by atoms with Crippen LogP contribution in [0.2, 0.25) is 0 Å². The van der Waals surface area contributed by atoms with Gasteiger partial charge in [0.2, 0.25) is 0 Å². The van der Waals surface area contributed by atoms with Gasteiger partial charge in [0.25, 0.3) is 0 Å². The van der Waals surface area contributed by atoms with Gasteiger partial charge in [0.15, 0.2) is 0 Å². The summed E-state index contributed by atoms with van der Waals surface area (Å²) in [7, 11) is 1.76. The first-order chi connectivity index (χ1) is 10.7. The van der Waals surface area contributed by atoms with Crippen molar-refractivity contribution in [1.82, 2.24) is 25.1 Å². The van der Waals surface area contributed by atoms with Crippen LogP contribution in [0, 0.1) is 6.92 Å². The minimum absolute atomic E-state index is 0.119. The van der Waals surface area contributed by atoms with Crippen LogP contribution in [0.25, 0.3) is 0 Å². The second kappa shape index (κ2) is 5.31. The van der Waals surface area contributed by atoms with Crippen LogP contribution in [0.3, 0.4) is 0 Å². The largest absolute Gasteiger partial charge is 0.380 e. The molecule has 7 nitrogen and oxygen atoms in total. The molecule has 4 rings (SSSR count). The molecule has 2 atom stereocenters. The van der Waals surface area contributed by atoms with Gasteiger partial charge in [-0.15, -0.1) is 0 Å². The van der Waals surface area contributed by atoms with Crippen LogP contribution in [0.1, 0.15) is 48.6 Å². The monoisotopic (exact) mass is 300 g/mol. The zero-order chi connectivity index (χ0) is 15.1. The van der Waals surface area contributed by atoms with Gasteiger partial charge in [0.1, 0.15) is 23.8 Å². The zero-order valence-electron chi connectivity index (χ0n) is 12.9. The van der Waals surface area contributed by atoms with Crippen LogP contribution in [-0.4, -0.2) is 44.9 Å². The maximum atomic E-state index is 5.56. The predicted octanol–water partition coefficient (Wildman–Crippen LogP) is 1.75. The molecule has 2 fully saturated rings. The Hall–Kier alpha value is -2.02. The summed E-state index contributed by atoms with van der Waals surface area (Å²) in [6.07, 6.45) is 5.02. The third-order valence-electron chi connectivity index (χ3n) is 4.44. The molecular formula is C15H20N6O. The number of aromatic amines is 1. The number of H-pyrrole nitrogens is 1. The molecule has 1 aliphatic carbocycles. The third kappa shape index (κ3) is 2.45. The summed E-state index contributed by atoms with van der Waals surface area (Å²) in [5, 5.41) is 6.97. The summed E-state index contributed by atoms with van der Waals surface area (Å²) in [5.41, 5.74) is 1.02. The van der Waals surface area contributed by atoms with Crippen LogP contribution >= 0.6 is 0 Å². The van der Waals surface area contributed by atoms with E-state index in [9.17, 15) is 0 Å². The molecule has 1 saturated heterocycles. The van der Waals surface area contributed by atoms with Gasteiger partial charge in [0, 0.05) is 37.8 Å². The molecule has 0 spiro atoms. The molecule has 0 aromatic carbocycles. The van der Waals surface area contributed by atoms with Gasteiger partial charge in [0.05, 0.1) is 12.1 Å². The van der Waals surface area contributed by atoms with Gasteiger partial charge in [-0.25, -0.2) is 15.0 Å². The number of hydrogen-bond acceptors (Lipinski definition) is 6. The van der Waals surface area contributed by atoms with Gasteiger partial charge in [-0.1, -0.05) is 0 Å². The molecule has 0 bridgehead atoms. The molecule has 116 valence electrons. The van der Waals surface area contributed by atoms with Gasteiger partial charge in [-0.2, -0.15) is 5.10 Å². The van der Waals surface area contributed by atoms with Crippen molar-refractivity contribution in [3.05, 3.63) is 29.7 Å². The standard InChI is InChI=1S/C15H20N6O/c1-9-5-13(19-14(18-9)10-3-4-10)21-7-11(22-2)6-12(21)15-16-8-17-20-15/h5,8,10-12H,3-4,6-7H2,1-2H3,(H,16,17,20)/t11-,12+/m1/s1. The molecule has 7 heteroatoms. The number of anilines is 1. The number of hydrogen-bond donors (Lipinski definition) is 1. The van der Waals surface area contributed by atoms with Gasteiger partial charge >= 0.3 is 0 Å². The van der Waals surface area contributed by atoms with Crippen molar-refractivity contribution in [3.63, 3.8) is 0 Å². The van der Waals surface area contributed by atoms with Gasteiger partial charge in [-0.05, 0) is 19.8 Å². The number of aryl methyl sites for hydroxylation is 1. The van der Waals surface area contributed by atoms with Crippen LogP contribution < -0.4 is 4.90 Å². The maximum absolute atomic E-state index is 5.56. The van der Waals surface area contributed by atoms with E-state index in [0.29, 0.717) is 5.92 Å². The predicted molar refractivity (Wildman–Crippen MR) is 80.6 cm³/mol. The molecule has 0 amide bonds. The summed E-state index contributed by atoms with van der Waals surface area (Å²) >= 11 is 0. The van der Waals surface area contributed by atoms with Crippen LogP contribution in [-0.2, 0) is 4.74 Å². The Morgan fingerprint density at radius 1 is 1.32 bits per heavy atom. The molecule has 2 aromatic rings. The fourth-order valence-electron chi connectivity index (χ4n) is 3.10. The van der Waals surface area contributed by atoms with Gasteiger partial charge < -0.3 is 9.64 Å². The van der Waals surface area contributed by atoms with E-state index in [0.717, 1.165) is 36.1 Å². The topological polar surface area (TPSA) is 79.8 Å². The lowest BCUT2D eigenvalue weighted by atomic mass is 10.2. The SMILES string of the molecule is CO[C@@H]1C[C@@H](c2ncn[nH]2)N(c2cc(C)nc(C3CC3)n2)C1. The number of nitrogens with zero attached hydrogens (tertiary/aromatic N) is 5. The van der Waals surface area contributed by atoms with Crippen LogP contribution in [0.15, 0.2) is 12.4 Å². The molecule has 1 N–H and O–H groups in total. The van der Waals surface area contributed by atoms with E-state index in [-0.39, 0.29) is 12.1 Å². The van der Waals surface area contributed by atoms with Crippen molar-refractivity contribution in [1.29, 1.82) is 0 Å². The fourth-order valence-corrected chi connectivity index (χ4v) is 3.10. The average Bonchev–Trinajstić information content (AvgIpc) is 3.06. The normalized spacial score (nSPS) is 24.9. The Labute approximate surface area is 129 Å². The number of methoxy groups -OCH3 is 1. The van der Waals surface area contributed by atoms with Crippen molar-refractivity contribution < 1.29 is 4.74 Å². The fraction of sp³-hybridized carbons (Fsp3) is 0.600. The molecular weight excluding hydrogens is 280 g/mol. The molecule has 1 saturated carbocycles. The molecule has 3 heterocycles. The van der Waals surface area contributed by atoms with E-state index in [1.807, 2.05) is 13.0 Å². The summed E-state index contributed by atoms with van der Waals surface area (Å²) < 4.78 is 5.56. The number of rotatable bonds is 4. The summed E-state index contributed by atoms with van der Waals surface area (Å²) in [5.74, 6) is 3.36. The van der Waals surface area contributed by atoms with Crippen molar-refractivity contribution in [2.24, 2.45) is 0 Å². The lowest BCUT2D eigenvalue weighted by molar-refractivity contribution is 0.118. The van der Waals surface area contributed by atoms with Crippen molar-refractivity contribution in [2.45, 2.75) is 44.2 Å². The Morgan fingerprint density at radius 2 is 2.18 bits per heavy atom. The molecule has 2 aliphatic rings. The first kappa shape index (κ1) is 13.6. The first-order valence-corrected chi connectivity index (χ1v) is 7.75. The average molecular weight is 300 g/mol. The molecule has 0 radical (unpaired) electrons. The van der Waals surface area contributed by atoms with Crippen molar-refractivity contribution in [3.8, 4) is 0 Å². The lowest BCUT2D eigenvalue weighted by Gasteiger charge is -2.24. The minimum atomic E-state index is 0.119. The summed E-state index contributed by atoms with van der Waals surface area (Å²) in [6, 6.07) is 2.17. The van der Waals surface area contributed by atoms with Crippen molar-refractivity contribution >= 4 is 5.82 Å². The Kier molecular flexibility index (Phi) is 3.29. The van der Waals surface area contributed by atoms with Crippen LogP contribution in [0.5, 0.6) is 0 Å². The number of nitrogens with one attached hydrogen (secondary N) is 1. The second-order valence-electron chi connectivity index (χ2n) is 6.13. The van der Waals surface area contributed by atoms with E-state index in [2.05, 4.69) is 25.1 Å². The highest BCUT2D eigenvalue weighted by molar-refractivity contribution is 5.44. The molecule has 1 aliphatic heterocycles. The molecule has 2 aromatic heterocycles. The minimum Gasteiger partial charge on any atom is -0.380 e. The summed E-state index contributed by atoms with van der Waals surface area (Å²) in [4.78, 5) is 16.0. The Balaban J connectivity index is 1.69. The number of ether oxygens (including phenoxy) is 1. The Morgan fingerprint density at radius 3 is 2.86 bits per heavy atom. The molecule has 22 heavy (non-hydrogen) atoms. The Bertz CT molecular complexity index is 654. The van der Waals surface area contributed by atoms with Crippen LogP contribution in [0.4, 0.5) is 5.82 Å². The van der Waals surface area contributed by atoms with E-state index in [1.165, 1.54) is 12.8 Å². The second-order valence-corrected chi connectivity index (χ2v) is 6.13. The highest BCUT2D eigenvalue weighted by atomic mass is 16.5.